The number of hydrogen-bond acceptors (Lipinski definition) is 29. The Morgan fingerprint density at radius 3 is 1.47 bits per heavy atom. The molecule has 18 N–H and O–H groups in total. The fourth-order valence-corrected chi connectivity index (χ4v) is 17.1. The third-order valence-electron chi connectivity index (χ3n) is 22.2. The molecule has 4 saturated carbocycles. The lowest BCUT2D eigenvalue weighted by Gasteiger charge is -2.61. The molecule has 0 aromatic heterocycles. The van der Waals surface area contributed by atoms with Crippen molar-refractivity contribution >= 4 is 0 Å². The molecule has 1 unspecified atom stereocenters. The van der Waals surface area contributed by atoms with Crippen LogP contribution in [0.1, 0.15) is 91.9 Å². The Hall–Kier alpha value is -1.16. The number of rotatable bonds is 19. The summed E-state index contributed by atoms with van der Waals surface area (Å²) in [4.78, 5) is 0. The van der Waals surface area contributed by atoms with Crippen LogP contribution < -0.4 is 0 Å². The molecule has 29 nitrogen and oxygen atoms in total. The number of fused-ring (bicyclic) bond motifs is 7. The van der Waals surface area contributed by atoms with Gasteiger partial charge in [0.2, 0.25) is 0 Å². The topological polar surface area (TPSA) is 466 Å². The van der Waals surface area contributed by atoms with E-state index in [1.54, 1.807) is 0 Å². The van der Waals surface area contributed by atoms with Crippen molar-refractivity contribution in [2.24, 2.45) is 52.3 Å². The summed E-state index contributed by atoms with van der Waals surface area (Å²) in [6.45, 7) is 5.05. The van der Waals surface area contributed by atoms with Crippen LogP contribution in [0.5, 0.6) is 0 Å². The van der Waals surface area contributed by atoms with Gasteiger partial charge in [-0.15, -0.1) is 0 Å². The third kappa shape index (κ3) is 12.4. The van der Waals surface area contributed by atoms with E-state index in [1.807, 2.05) is 6.92 Å². The lowest BCUT2D eigenvalue weighted by Crippen LogP contribution is -2.67. The molecule has 0 spiro atoms. The zero-order valence-corrected chi connectivity index (χ0v) is 49.0. The molecular formula is C57H96O29. The lowest BCUT2D eigenvalue weighted by molar-refractivity contribution is -0.393. The molecule has 0 amide bonds. The third-order valence-corrected chi connectivity index (χ3v) is 22.2. The molecule has 6 heterocycles. The van der Waals surface area contributed by atoms with E-state index < -0.39 is 198 Å². The average Bonchev–Trinajstić information content (AvgIpc) is 1.50. The molecular weight excluding hydrogens is 1150 g/mol. The van der Waals surface area contributed by atoms with Crippen LogP contribution in [0, 0.1) is 52.3 Å². The Labute approximate surface area is 498 Å². The Morgan fingerprint density at radius 1 is 0.465 bits per heavy atom. The highest BCUT2D eigenvalue weighted by molar-refractivity contribution is 5.15. The first-order valence-corrected chi connectivity index (χ1v) is 30.9. The van der Waals surface area contributed by atoms with Gasteiger partial charge in [0.05, 0.1) is 51.8 Å². The minimum absolute atomic E-state index is 0.0526. The normalized spacial score (nSPS) is 55.3. The van der Waals surface area contributed by atoms with Gasteiger partial charge in [0, 0.05) is 12.3 Å². The van der Waals surface area contributed by atoms with Gasteiger partial charge in [0.15, 0.2) is 37.2 Å². The second-order valence-corrected chi connectivity index (χ2v) is 27.1. The first kappa shape index (κ1) is 67.7. The summed E-state index contributed by atoms with van der Waals surface area (Å²) in [5, 5.41) is 192. The van der Waals surface area contributed by atoms with Crippen LogP contribution in [0.4, 0.5) is 0 Å². The van der Waals surface area contributed by atoms with Crippen molar-refractivity contribution in [3.63, 3.8) is 0 Å². The Bertz CT molecular complexity index is 2190. The molecule has 0 aromatic rings. The predicted molar refractivity (Wildman–Crippen MR) is 284 cm³/mol. The maximum absolute atomic E-state index is 12.2. The van der Waals surface area contributed by atoms with Crippen molar-refractivity contribution in [2.45, 2.75) is 263 Å². The van der Waals surface area contributed by atoms with Crippen molar-refractivity contribution in [2.75, 3.05) is 39.6 Å². The van der Waals surface area contributed by atoms with Crippen LogP contribution in [-0.4, -0.2) is 303 Å². The van der Waals surface area contributed by atoms with Crippen molar-refractivity contribution in [3.8, 4) is 0 Å². The minimum atomic E-state index is -2.05. The average molecular weight is 1250 g/mol. The summed E-state index contributed by atoms with van der Waals surface area (Å²) in [6, 6.07) is 0. The van der Waals surface area contributed by atoms with E-state index >= 15 is 0 Å². The summed E-state index contributed by atoms with van der Waals surface area (Å²) in [7, 11) is 0. The second kappa shape index (κ2) is 27.1. The molecule has 10 rings (SSSR count). The molecule has 86 heavy (non-hydrogen) atoms. The van der Waals surface area contributed by atoms with Crippen molar-refractivity contribution < 1.29 is 144 Å². The van der Waals surface area contributed by atoms with E-state index in [1.165, 1.54) is 0 Å². The van der Waals surface area contributed by atoms with Gasteiger partial charge in [-0.25, -0.2) is 0 Å². The molecule has 498 valence electrons. The smallest absolute Gasteiger partial charge is 0.187 e. The molecule has 6 saturated heterocycles. The van der Waals surface area contributed by atoms with Crippen molar-refractivity contribution in [1.82, 2.24) is 0 Å². The fourth-order valence-electron chi connectivity index (χ4n) is 17.1. The van der Waals surface area contributed by atoms with Crippen LogP contribution in [0.3, 0.4) is 0 Å². The molecule has 10 aliphatic rings. The monoisotopic (exact) mass is 1240 g/mol. The predicted octanol–water partition coefficient (Wildman–Crippen LogP) is -6.13. The number of hydrogen-bond donors (Lipinski definition) is 18. The Balaban J connectivity index is 0.737. The van der Waals surface area contributed by atoms with Crippen LogP contribution in [0.2, 0.25) is 0 Å². The summed E-state index contributed by atoms with van der Waals surface area (Å²) in [6.07, 6.45) is -34.8. The lowest BCUT2D eigenvalue weighted by atomic mass is 9.44. The number of ether oxygens (including phenoxy) is 11. The molecule has 0 aromatic carbocycles. The van der Waals surface area contributed by atoms with Gasteiger partial charge in [0.25, 0.3) is 0 Å². The first-order chi connectivity index (χ1) is 40.8. The molecule has 37 atom stereocenters. The van der Waals surface area contributed by atoms with Crippen LogP contribution >= 0.6 is 0 Å². The van der Waals surface area contributed by atoms with E-state index in [4.69, 9.17) is 52.1 Å². The fraction of sp³-hybridized carbons (Fsp3) is 1.00. The van der Waals surface area contributed by atoms with Crippen molar-refractivity contribution in [1.29, 1.82) is 0 Å². The number of aliphatic hydroxyl groups is 18. The van der Waals surface area contributed by atoms with Gasteiger partial charge >= 0.3 is 0 Å². The van der Waals surface area contributed by atoms with E-state index in [2.05, 4.69) is 20.8 Å². The first-order valence-electron chi connectivity index (χ1n) is 30.9. The Morgan fingerprint density at radius 2 is 0.919 bits per heavy atom. The number of aliphatic hydroxyl groups excluding tert-OH is 17. The van der Waals surface area contributed by atoms with Gasteiger partial charge in [-0.3, -0.25) is 0 Å². The highest BCUT2D eigenvalue weighted by Gasteiger charge is 2.69. The summed E-state index contributed by atoms with van der Waals surface area (Å²) in [5.41, 5.74) is -0.122. The summed E-state index contributed by atoms with van der Waals surface area (Å²) in [5.74, 6) is -0.0186. The van der Waals surface area contributed by atoms with Gasteiger partial charge in [-0.05, 0) is 104 Å². The second-order valence-electron chi connectivity index (χ2n) is 27.1. The van der Waals surface area contributed by atoms with Gasteiger partial charge in [0.1, 0.15) is 122 Å². The maximum atomic E-state index is 12.2. The standard InChI is InChI=1S/C57H96O29/c1-21(20-76-50-43(71)38(66)35(63)29(15-58)78-50)7-12-57(75)22(2)34-28(86-57)14-27-25-6-5-23-13-24(8-10-55(23,3)26(25)9-11-56(27,34)4)77-54-49(40(68)37(65)31(17-60)80-54)85-53-46(74)42(70)48(33(19-62)82-53)84-52-45(73)41(69)47(32(18-61)81-52)83-51-44(72)39(67)36(64)30(16-59)79-51/h21-54,58-75H,5-20H2,1-4H3/t21-,22-,23+,24-,25+,26-,27-,28-,29+,30+,31+,32+,33+,34-,35+,36+,37-,38-,39-,40-,41+,42+,43+,44+,45+,46+,47+,48+,49+,50+,51+,52+,53-,54+,55-,56-,57?/m0/s1. The molecule has 0 radical (unpaired) electrons. The SMILES string of the molecule is C[C@@H](CCC1(O)O[C@H]2C[C@H]3[C@@H]4CC[C@@H]5C[C@@H](O[C@@H]6O[C@H](CO)[C@H](O)[C@H](O)[C@H]6O[C@@H]6O[C@H](CO)[C@@H](O[C@H]7O[C@H](CO)[C@@H](O[C@H]8O[C@H](CO)[C@@H](O)[C@H](O)[C@H]8O)[C@H](O)[C@H]7O)[C@H](O)[C@H]6O)CC[C@]5(C)[C@H]4CC[C@]3(C)[C@H]2[C@@H]1C)CO[C@@H]1O[C@H](CO)[C@@H](O)[C@H](O)[C@H]1O. The largest absolute Gasteiger partial charge is 0.394 e. The maximum Gasteiger partial charge on any atom is 0.187 e. The van der Waals surface area contributed by atoms with Crippen LogP contribution in [0.15, 0.2) is 0 Å². The van der Waals surface area contributed by atoms with E-state index in [-0.39, 0.29) is 47.2 Å². The van der Waals surface area contributed by atoms with E-state index in [9.17, 15) is 91.9 Å². The molecule has 4 aliphatic carbocycles. The molecule has 6 aliphatic heterocycles. The molecule has 29 heteroatoms. The highest BCUT2D eigenvalue weighted by Crippen LogP contribution is 2.71. The van der Waals surface area contributed by atoms with Gasteiger partial charge in [-0.1, -0.05) is 27.7 Å². The van der Waals surface area contributed by atoms with Gasteiger partial charge in [-0.2, -0.15) is 0 Å². The van der Waals surface area contributed by atoms with E-state index in [0.717, 1.165) is 38.5 Å². The minimum Gasteiger partial charge on any atom is -0.394 e. The molecule has 0 bridgehead atoms. The Kier molecular flexibility index (Phi) is 21.3. The summed E-state index contributed by atoms with van der Waals surface area (Å²) < 4.78 is 65.3. The van der Waals surface area contributed by atoms with E-state index in [0.29, 0.717) is 43.4 Å². The molecule has 10 fully saturated rings. The quantitative estimate of drug-likeness (QED) is 0.0535. The van der Waals surface area contributed by atoms with Crippen molar-refractivity contribution in [3.05, 3.63) is 0 Å². The summed E-state index contributed by atoms with van der Waals surface area (Å²) >= 11 is 0. The zero-order valence-electron chi connectivity index (χ0n) is 49.0. The zero-order chi connectivity index (χ0) is 62.2. The highest BCUT2D eigenvalue weighted by atomic mass is 16.8. The van der Waals surface area contributed by atoms with Crippen LogP contribution in [0.25, 0.3) is 0 Å². The van der Waals surface area contributed by atoms with Crippen LogP contribution in [-0.2, 0) is 52.1 Å². The van der Waals surface area contributed by atoms with Gasteiger partial charge < -0.3 is 144 Å².